The Labute approximate surface area is 140 Å². The van der Waals surface area contributed by atoms with Crippen LogP contribution in [0.1, 0.15) is 44.6 Å². The highest BCUT2D eigenvalue weighted by Crippen LogP contribution is 2.22. The summed E-state index contributed by atoms with van der Waals surface area (Å²) in [6.07, 6.45) is 5.44. The number of hydrogen-bond acceptors (Lipinski definition) is 4. The molecule has 1 aliphatic rings. The van der Waals surface area contributed by atoms with Crippen LogP contribution in [0.25, 0.3) is 5.69 Å². The molecular weight excluding hydrogens is 306 g/mol. The first kappa shape index (κ1) is 16.4. The molecule has 0 N–H and O–H groups in total. The number of benzene rings is 1. The van der Waals surface area contributed by atoms with Gasteiger partial charge in [0.15, 0.2) is 0 Å². The average Bonchev–Trinajstić information content (AvgIpc) is 2.98. The molecule has 128 valence electrons. The molecule has 1 aromatic heterocycles. The summed E-state index contributed by atoms with van der Waals surface area (Å²) in [6.45, 7) is 4.43. The van der Waals surface area contributed by atoms with Gasteiger partial charge in [0, 0.05) is 12.6 Å². The number of carbonyl (C=O) groups excluding carboxylic acids is 1. The van der Waals surface area contributed by atoms with Crippen molar-refractivity contribution in [3.05, 3.63) is 40.3 Å². The van der Waals surface area contributed by atoms with Gasteiger partial charge in [-0.25, -0.2) is 9.59 Å². The molecule has 7 nitrogen and oxygen atoms in total. The molecule has 0 bridgehead atoms. The summed E-state index contributed by atoms with van der Waals surface area (Å²) in [5, 5.41) is 7.69. The van der Waals surface area contributed by atoms with E-state index in [1.54, 1.807) is 11.0 Å². The molecule has 1 fully saturated rings. The molecule has 1 aliphatic carbocycles. The molecule has 0 spiro atoms. The molecule has 2 aromatic rings. The lowest BCUT2D eigenvalue weighted by molar-refractivity contribution is 0.157. The largest absolute Gasteiger partial charge is 0.377 e. The van der Waals surface area contributed by atoms with Crippen LogP contribution < -0.4 is 5.69 Å². The lowest BCUT2D eigenvalue weighted by Crippen LogP contribution is -2.46. The second kappa shape index (κ2) is 6.98. The second-order valence-electron chi connectivity index (χ2n) is 6.28. The Balaban J connectivity index is 1.89. The van der Waals surface area contributed by atoms with Crippen LogP contribution >= 0.6 is 0 Å². The third-order valence-corrected chi connectivity index (χ3v) is 4.61. The highest BCUT2D eigenvalue weighted by molar-refractivity contribution is 5.75. The maximum atomic E-state index is 12.8. The SMILES string of the molecule is CCN(C(=O)n1nnn(-c2cccc(C)c2)c1=O)C1CCCCC1. The topological polar surface area (TPSA) is 73.0 Å². The van der Waals surface area contributed by atoms with E-state index in [9.17, 15) is 9.59 Å². The van der Waals surface area contributed by atoms with Gasteiger partial charge in [0.05, 0.1) is 5.69 Å². The fourth-order valence-corrected chi connectivity index (χ4v) is 3.35. The zero-order valence-electron chi connectivity index (χ0n) is 14.2. The van der Waals surface area contributed by atoms with Gasteiger partial charge in [-0.3, -0.25) is 0 Å². The number of hydrogen-bond donors (Lipinski definition) is 0. The van der Waals surface area contributed by atoms with Crippen molar-refractivity contribution >= 4 is 6.03 Å². The Kier molecular flexibility index (Phi) is 4.78. The van der Waals surface area contributed by atoms with E-state index in [0.29, 0.717) is 12.2 Å². The number of aromatic nitrogens is 4. The van der Waals surface area contributed by atoms with Crippen LogP contribution in [-0.4, -0.2) is 43.3 Å². The van der Waals surface area contributed by atoms with E-state index in [4.69, 9.17) is 0 Å². The van der Waals surface area contributed by atoms with Gasteiger partial charge in [-0.05, 0) is 54.8 Å². The molecule has 0 radical (unpaired) electrons. The number of aryl methyl sites for hydroxylation is 1. The lowest BCUT2D eigenvalue weighted by Gasteiger charge is -2.32. The van der Waals surface area contributed by atoms with E-state index in [1.165, 1.54) is 11.1 Å². The Morgan fingerprint density at radius 1 is 1.25 bits per heavy atom. The quantitative estimate of drug-likeness (QED) is 0.810. The Morgan fingerprint density at radius 3 is 2.67 bits per heavy atom. The van der Waals surface area contributed by atoms with Gasteiger partial charge in [-0.15, -0.1) is 4.68 Å². The highest BCUT2D eigenvalue weighted by atomic mass is 16.2. The number of nitrogens with zero attached hydrogens (tertiary/aromatic N) is 5. The van der Waals surface area contributed by atoms with Crippen LogP contribution in [0, 0.1) is 6.92 Å². The van der Waals surface area contributed by atoms with Gasteiger partial charge in [-0.2, -0.15) is 4.68 Å². The molecule has 1 heterocycles. The minimum atomic E-state index is -0.528. The van der Waals surface area contributed by atoms with Crippen molar-refractivity contribution in [2.75, 3.05) is 6.54 Å². The van der Waals surface area contributed by atoms with Gasteiger partial charge in [0.1, 0.15) is 0 Å². The van der Waals surface area contributed by atoms with Crippen LogP contribution in [0.2, 0.25) is 0 Å². The molecule has 24 heavy (non-hydrogen) atoms. The minimum absolute atomic E-state index is 0.187. The maximum absolute atomic E-state index is 12.8. The number of amides is 1. The smallest absolute Gasteiger partial charge is 0.320 e. The first-order valence-electron chi connectivity index (χ1n) is 8.55. The van der Waals surface area contributed by atoms with Crippen LogP contribution in [0.5, 0.6) is 0 Å². The molecule has 3 rings (SSSR count). The molecule has 1 amide bonds. The highest BCUT2D eigenvalue weighted by Gasteiger charge is 2.27. The van der Waals surface area contributed by atoms with E-state index < -0.39 is 5.69 Å². The Bertz CT molecular complexity index is 773. The van der Waals surface area contributed by atoms with Gasteiger partial charge in [-0.1, -0.05) is 31.4 Å². The summed E-state index contributed by atoms with van der Waals surface area (Å²) >= 11 is 0. The molecule has 1 aromatic carbocycles. The van der Waals surface area contributed by atoms with E-state index in [2.05, 4.69) is 10.4 Å². The lowest BCUT2D eigenvalue weighted by atomic mass is 9.94. The third kappa shape index (κ3) is 3.11. The van der Waals surface area contributed by atoms with Crippen molar-refractivity contribution in [2.24, 2.45) is 0 Å². The van der Waals surface area contributed by atoms with E-state index in [-0.39, 0.29) is 12.1 Å². The standard InChI is InChI=1S/C17H23N5O2/c1-3-20(14-9-5-4-6-10-14)16(23)22-17(24)21(18-19-22)15-11-7-8-13(2)12-15/h7-8,11-12,14H,3-6,9-10H2,1-2H3. The van der Waals surface area contributed by atoms with Crippen molar-refractivity contribution in [1.29, 1.82) is 0 Å². The fourth-order valence-electron chi connectivity index (χ4n) is 3.35. The molecule has 0 saturated heterocycles. The molecular formula is C17H23N5O2. The zero-order chi connectivity index (χ0) is 17.1. The zero-order valence-corrected chi connectivity index (χ0v) is 14.2. The summed E-state index contributed by atoms with van der Waals surface area (Å²) in [6, 6.07) is 7.20. The number of rotatable bonds is 3. The predicted molar refractivity (Wildman–Crippen MR) is 90.4 cm³/mol. The summed E-state index contributed by atoms with van der Waals surface area (Å²) in [5.74, 6) is 0. The van der Waals surface area contributed by atoms with Gasteiger partial charge in [0.2, 0.25) is 0 Å². The monoisotopic (exact) mass is 329 g/mol. The van der Waals surface area contributed by atoms with Crippen molar-refractivity contribution in [2.45, 2.75) is 52.0 Å². The van der Waals surface area contributed by atoms with Crippen molar-refractivity contribution in [3.8, 4) is 5.69 Å². The van der Waals surface area contributed by atoms with Crippen LogP contribution in [-0.2, 0) is 0 Å². The van der Waals surface area contributed by atoms with Crippen LogP contribution in [0.15, 0.2) is 29.1 Å². The average molecular weight is 329 g/mol. The maximum Gasteiger partial charge on any atom is 0.377 e. The molecule has 0 atom stereocenters. The number of tetrazole rings is 1. The normalized spacial score (nSPS) is 15.4. The van der Waals surface area contributed by atoms with Gasteiger partial charge < -0.3 is 4.90 Å². The Hall–Kier alpha value is -2.44. The van der Waals surface area contributed by atoms with Crippen molar-refractivity contribution < 1.29 is 4.79 Å². The summed E-state index contributed by atoms with van der Waals surface area (Å²) in [5.41, 5.74) is 1.09. The third-order valence-electron chi connectivity index (χ3n) is 4.61. The first-order valence-corrected chi connectivity index (χ1v) is 8.55. The summed E-state index contributed by atoms with van der Waals surface area (Å²) in [7, 11) is 0. The first-order chi connectivity index (χ1) is 11.6. The number of carbonyl (C=O) groups is 1. The molecule has 1 saturated carbocycles. The molecule has 0 unspecified atom stereocenters. The van der Waals surface area contributed by atoms with Crippen LogP contribution in [0.3, 0.4) is 0 Å². The molecule has 0 aliphatic heterocycles. The molecule has 7 heteroatoms. The Morgan fingerprint density at radius 2 is 2.00 bits per heavy atom. The predicted octanol–water partition coefficient (Wildman–Crippen LogP) is 2.36. The summed E-state index contributed by atoms with van der Waals surface area (Å²) < 4.78 is 2.04. The van der Waals surface area contributed by atoms with E-state index in [1.807, 2.05) is 32.0 Å². The van der Waals surface area contributed by atoms with Crippen molar-refractivity contribution in [3.63, 3.8) is 0 Å². The van der Waals surface area contributed by atoms with Gasteiger partial charge >= 0.3 is 11.7 Å². The van der Waals surface area contributed by atoms with E-state index in [0.717, 1.165) is 35.9 Å². The minimum Gasteiger partial charge on any atom is -0.320 e. The fraction of sp³-hybridized carbons (Fsp3) is 0.529. The van der Waals surface area contributed by atoms with Gasteiger partial charge in [0.25, 0.3) is 0 Å². The summed E-state index contributed by atoms with van der Waals surface area (Å²) in [4.78, 5) is 27.1. The second-order valence-corrected chi connectivity index (χ2v) is 6.28. The van der Waals surface area contributed by atoms with E-state index >= 15 is 0 Å². The van der Waals surface area contributed by atoms with Crippen LogP contribution in [0.4, 0.5) is 4.79 Å². The van der Waals surface area contributed by atoms with Crippen molar-refractivity contribution in [1.82, 2.24) is 24.7 Å².